The Balaban J connectivity index is 2.00. The Morgan fingerprint density at radius 3 is 2.67 bits per heavy atom. The van der Waals surface area contributed by atoms with Crippen LogP contribution in [-0.2, 0) is 7.05 Å². The van der Waals surface area contributed by atoms with Crippen molar-refractivity contribution in [2.75, 3.05) is 0 Å². The first-order valence-electron chi connectivity index (χ1n) is 7.02. The second kappa shape index (κ2) is 4.19. The maximum Gasteiger partial charge on any atom is 0.159 e. The van der Waals surface area contributed by atoms with Crippen LogP contribution in [0.5, 0.6) is 0 Å². The summed E-state index contributed by atoms with van der Waals surface area (Å²) in [4.78, 5) is 8.12. The Morgan fingerprint density at radius 2 is 1.81 bits per heavy atom. The van der Waals surface area contributed by atoms with Crippen molar-refractivity contribution in [1.29, 1.82) is 0 Å². The molecule has 2 aromatic heterocycles. The van der Waals surface area contributed by atoms with Crippen LogP contribution in [0, 0.1) is 13.8 Å². The van der Waals surface area contributed by atoms with Crippen LogP contribution in [0.25, 0.3) is 33.5 Å². The lowest BCUT2D eigenvalue weighted by atomic mass is 10.1. The van der Waals surface area contributed by atoms with Crippen LogP contribution in [0.2, 0.25) is 0 Å². The van der Waals surface area contributed by atoms with Crippen molar-refractivity contribution in [2.24, 2.45) is 7.05 Å². The number of imidazole rings is 1. The molecule has 0 aliphatic heterocycles. The third kappa shape index (κ3) is 1.76. The lowest BCUT2D eigenvalue weighted by Gasteiger charge is -1.97. The third-order valence-electron chi connectivity index (χ3n) is 4.08. The van der Waals surface area contributed by atoms with Gasteiger partial charge in [0.2, 0.25) is 0 Å². The van der Waals surface area contributed by atoms with Crippen molar-refractivity contribution in [3.8, 4) is 11.5 Å². The average Bonchev–Trinajstić information content (AvgIpc) is 3.01. The van der Waals surface area contributed by atoms with E-state index >= 15 is 0 Å². The minimum atomic E-state index is 0.826. The van der Waals surface area contributed by atoms with Crippen LogP contribution in [0.1, 0.15) is 11.1 Å². The summed E-state index contributed by atoms with van der Waals surface area (Å²) in [5.41, 5.74) is 6.58. The van der Waals surface area contributed by atoms with E-state index in [1.807, 2.05) is 23.9 Å². The quantitative estimate of drug-likeness (QED) is 0.575. The first-order chi connectivity index (χ1) is 10.1. The Hall–Kier alpha value is -2.62. The third-order valence-corrected chi connectivity index (χ3v) is 4.08. The summed E-state index contributed by atoms with van der Waals surface area (Å²) >= 11 is 0. The summed E-state index contributed by atoms with van der Waals surface area (Å²) < 4.78 is 1.90. The van der Waals surface area contributed by atoms with Crippen LogP contribution in [0.4, 0.5) is 0 Å². The molecule has 2 aromatic carbocycles. The Bertz CT molecular complexity index is 936. The van der Waals surface area contributed by atoms with Gasteiger partial charge >= 0.3 is 0 Å². The Kier molecular flexibility index (Phi) is 2.42. The predicted molar refractivity (Wildman–Crippen MR) is 85.3 cm³/mol. The van der Waals surface area contributed by atoms with Gasteiger partial charge in [0.25, 0.3) is 0 Å². The highest BCUT2D eigenvalue weighted by Crippen LogP contribution is 2.28. The summed E-state index contributed by atoms with van der Waals surface area (Å²) in [7, 11) is 1.96. The molecule has 21 heavy (non-hydrogen) atoms. The molecule has 4 rings (SSSR count). The minimum absolute atomic E-state index is 0.826. The number of hydrogen-bond acceptors (Lipinski definition) is 2. The molecular weight excluding hydrogens is 260 g/mol. The van der Waals surface area contributed by atoms with Gasteiger partial charge < -0.3 is 4.98 Å². The van der Waals surface area contributed by atoms with E-state index in [9.17, 15) is 0 Å². The molecule has 2 heterocycles. The van der Waals surface area contributed by atoms with E-state index in [4.69, 9.17) is 4.98 Å². The van der Waals surface area contributed by atoms with E-state index in [2.05, 4.69) is 48.2 Å². The molecule has 0 saturated carbocycles. The molecule has 1 N–H and O–H groups in total. The van der Waals surface area contributed by atoms with E-state index in [1.54, 1.807) is 0 Å². The number of H-pyrrole nitrogens is 1. The number of rotatable bonds is 1. The summed E-state index contributed by atoms with van der Waals surface area (Å²) in [6, 6.07) is 12.5. The largest absolute Gasteiger partial charge is 0.337 e. The molecule has 0 aliphatic carbocycles. The molecular formula is C17H16N4. The van der Waals surface area contributed by atoms with Crippen LogP contribution >= 0.6 is 0 Å². The molecule has 0 aliphatic rings. The molecule has 0 bridgehead atoms. The topological polar surface area (TPSA) is 46.5 Å². The van der Waals surface area contributed by atoms with Gasteiger partial charge in [0.05, 0.1) is 16.6 Å². The molecule has 4 nitrogen and oxygen atoms in total. The molecule has 0 atom stereocenters. The molecule has 0 radical (unpaired) electrons. The van der Waals surface area contributed by atoms with Gasteiger partial charge in [-0.05, 0) is 43.2 Å². The smallest absolute Gasteiger partial charge is 0.159 e. The van der Waals surface area contributed by atoms with E-state index in [1.165, 1.54) is 11.1 Å². The van der Waals surface area contributed by atoms with Gasteiger partial charge in [-0.3, -0.25) is 4.68 Å². The van der Waals surface area contributed by atoms with Gasteiger partial charge in [-0.25, -0.2) is 4.98 Å². The van der Waals surface area contributed by atoms with Crippen molar-refractivity contribution in [3.05, 3.63) is 47.5 Å². The van der Waals surface area contributed by atoms with Gasteiger partial charge in [0.15, 0.2) is 5.82 Å². The van der Waals surface area contributed by atoms with E-state index in [0.717, 1.165) is 33.5 Å². The van der Waals surface area contributed by atoms with Crippen molar-refractivity contribution < 1.29 is 0 Å². The molecule has 4 aromatic rings. The predicted octanol–water partition coefficient (Wildman–Crippen LogP) is 3.73. The van der Waals surface area contributed by atoms with Crippen molar-refractivity contribution in [1.82, 2.24) is 19.7 Å². The van der Waals surface area contributed by atoms with Crippen LogP contribution in [0.15, 0.2) is 36.4 Å². The number of aryl methyl sites for hydroxylation is 3. The number of hydrogen-bond donors (Lipinski definition) is 1. The summed E-state index contributed by atoms with van der Waals surface area (Å²) in [5, 5.41) is 5.74. The summed E-state index contributed by atoms with van der Waals surface area (Å²) in [6.07, 6.45) is 0. The number of nitrogens with one attached hydrogen (secondary N) is 1. The van der Waals surface area contributed by atoms with Gasteiger partial charge in [0, 0.05) is 12.4 Å². The Labute approximate surface area is 122 Å². The van der Waals surface area contributed by atoms with E-state index < -0.39 is 0 Å². The molecule has 0 unspecified atom stereocenters. The van der Waals surface area contributed by atoms with Gasteiger partial charge in [-0.15, -0.1) is 0 Å². The van der Waals surface area contributed by atoms with Crippen molar-refractivity contribution in [2.45, 2.75) is 13.8 Å². The van der Waals surface area contributed by atoms with E-state index in [-0.39, 0.29) is 0 Å². The fourth-order valence-corrected chi connectivity index (χ4v) is 2.77. The zero-order chi connectivity index (χ0) is 14.6. The number of para-hydroxylation sites is 1. The SMILES string of the molecule is Cc1cc2nc(-c3nn(C)c4ccccc34)[nH]c2cc1C. The highest BCUT2D eigenvalue weighted by atomic mass is 15.3. The monoisotopic (exact) mass is 276 g/mol. The molecule has 4 heteroatoms. The molecule has 0 amide bonds. The fraction of sp³-hybridized carbons (Fsp3) is 0.176. The second-order valence-corrected chi connectivity index (χ2v) is 5.53. The second-order valence-electron chi connectivity index (χ2n) is 5.53. The van der Waals surface area contributed by atoms with Crippen LogP contribution < -0.4 is 0 Å². The highest BCUT2D eigenvalue weighted by Gasteiger charge is 2.14. The van der Waals surface area contributed by atoms with E-state index in [0.29, 0.717) is 0 Å². The molecule has 104 valence electrons. The number of fused-ring (bicyclic) bond motifs is 2. The molecule has 0 saturated heterocycles. The minimum Gasteiger partial charge on any atom is -0.337 e. The number of benzene rings is 2. The average molecular weight is 276 g/mol. The van der Waals surface area contributed by atoms with Crippen molar-refractivity contribution in [3.63, 3.8) is 0 Å². The zero-order valence-corrected chi connectivity index (χ0v) is 12.3. The number of aromatic amines is 1. The standard InChI is InChI=1S/C17H16N4/c1-10-8-13-14(9-11(10)2)19-17(18-13)16-12-6-4-5-7-15(12)21(3)20-16/h4-9H,1-3H3,(H,18,19). The van der Waals surface area contributed by atoms with Gasteiger partial charge in [-0.2, -0.15) is 5.10 Å². The molecule has 0 spiro atoms. The number of aromatic nitrogens is 4. The van der Waals surface area contributed by atoms with Crippen LogP contribution in [0.3, 0.4) is 0 Å². The van der Waals surface area contributed by atoms with Gasteiger partial charge in [0.1, 0.15) is 5.69 Å². The Morgan fingerprint density at radius 1 is 1.05 bits per heavy atom. The lowest BCUT2D eigenvalue weighted by molar-refractivity contribution is 0.798. The lowest BCUT2D eigenvalue weighted by Crippen LogP contribution is -1.90. The van der Waals surface area contributed by atoms with Gasteiger partial charge in [-0.1, -0.05) is 18.2 Å². The maximum absolute atomic E-state index is 4.72. The zero-order valence-electron chi connectivity index (χ0n) is 12.3. The fourth-order valence-electron chi connectivity index (χ4n) is 2.77. The maximum atomic E-state index is 4.72. The summed E-state index contributed by atoms with van der Waals surface area (Å²) in [5.74, 6) is 0.826. The number of nitrogens with zero attached hydrogens (tertiary/aromatic N) is 3. The van der Waals surface area contributed by atoms with Crippen LogP contribution in [-0.4, -0.2) is 19.7 Å². The highest BCUT2D eigenvalue weighted by molar-refractivity contribution is 5.93. The first kappa shape index (κ1) is 12.1. The first-order valence-corrected chi connectivity index (χ1v) is 7.02. The van der Waals surface area contributed by atoms with Crippen molar-refractivity contribution >= 4 is 21.9 Å². The molecule has 0 fully saturated rings. The summed E-state index contributed by atoms with van der Waals surface area (Å²) in [6.45, 7) is 4.23. The normalized spacial score (nSPS) is 11.6.